The summed E-state index contributed by atoms with van der Waals surface area (Å²) in [6.07, 6.45) is 0. The van der Waals surface area contributed by atoms with Gasteiger partial charge < -0.3 is 4.90 Å². The van der Waals surface area contributed by atoms with Crippen LogP contribution in [0.15, 0.2) is 48.5 Å². The van der Waals surface area contributed by atoms with Crippen LogP contribution in [0.1, 0.15) is 16.7 Å². The van der Waals surface area contributed by atoms with Crippen molar-refractivity contribution in [1.82, 2.24) is 4.90 Å². The maximum absolute atomic E-state index is 12.8. The maximum atomic E-state index is 12.8. The molecule has 0 saturated carbocycles. The molecule has 0 saturated heterocycles. The molecule has 2 nitrogen and oxygen atoms in total. The molecular formula is C15H13FN2. The molecule has 0 atom stereocenters. The van der Waals surface area contributed by atoms with Gasteiger partial charge in [0.2, 0.25) is 0 Å². The lowest BCUT2D eigenvalue weighted by Gasteiger charge is -2.17. The van der Waals surface area contributed by atoms with Crippen molar-refractivity contribution in [3.05, 3.63) is 71.0 Å². The molecule has 0 spiro atoms. The van der Waals surface area contributed by atoms with Crippen LogP contribution in [-0.4, -0.2) is 10.7 Å². The Morgan fingerprint density at radius 2 is 1.78 bits per heavy atom. The minimum atomic E-state index is -0.224. The normalized spacial score (nSPS) is 13.8. The predicted molar refractivity (Wildman–Crippen MR) is 68.9 cm³/mol. The first-order valence-electron chi connectivity index (χ1n) is 5.90. The highest BCUT2D eigenvalue weighted by molar-refractivity contribution is 6.00. The summed E-state index contributed by atoms with van der Waals surface area (Å²) in [5, 5.41) is 8.13. The second-order valence-corrected chi connectivity index (χ2v) is 4.49. The van der Waals surface area contributed by atoms with Gasteiger partial charge in [0.1, 0.15) is 11.7 Å². The molecule has 1 aliphatic heterocycles. The highest BCUT2D eigenvalue weighted by atomic mass is 19.1. The maximum Gasteiger partial charge on any atom is 0.129 e. The molecule has 18 heavy (non-hydrogen) atoms. The second-order valence-electron chi connectivity index (χ2n) is 4.49. The topological polar surface area (TPSA) is 27.1 Å². The Bertz CT molecular complexity index is 590. The summed E-state index contributed by atoms with van der Waals surface area (Å²) in [5.74, 6) is 0.327. The summed E-state index contributed by atoms with van der Waals surface area (Å²) in [6.45, 7) is 1.40. The highest BCUT2D eigenvalue weighted by Crippen LogP contribution is 2.23. The van der Waals surface area contributed by atoms with Crippen LogP contribution in [0.2, 0.25) is 0 Å². The SMILES string of the molecule is N=C1c2ccccc2CN1Cc1ccc(F)cc1. The molecule has 3 heteroatoms. The van der Waals surface area contributed by atoms with Gasteiger partial charge in [-0.3, -0.25) is 5.41 Å². The Hall–Kier alpha value is -2.16. The molecule has 0 aliphatic carbocycles. The molecule has 2 aromatic rings. The van der Waals surface area contributed by atoms with Gasteiger partial charge in [-0.05, 0) is 23.3 Å². The molecule has 0 fully saturated rings. The molecule has 2 aromatic carbocycles. The molecule has 1 N–H and O–H groups in total. The van der Waals surface area contributed by atoms with Crippen molar-refractivity contribution < 1.29 is 4.39 Å². The van der Waals surface area contributed by atoms with Crippen molar-refractivity contribution in [2.24, 2.45) is 0 Å². The van der Waals surface area contributed by atoms with Crippen LogP contribution in [0.3, 0.4) is 0 Å². The van der Waals surface area contributed by atoms with Crippen molar-refractivity contribution in [3.63, 3.8) is 0 Å². The molecule has 90 valence electrons. The molecule has 3 rings (SSSR count). The van der Waals surface area contributed by atoms with Gasteiger partial charge in [0.25, 0.3) is 0 Å². The standard InChI is InChI=1S/C15H13FN2/c16-13-7-5-11(6-8-13)9-18-10-12-3-1-2-4-14(12)15(18)17/h1-8,17H,9-10H2. The summed E-state index contributed by atoms with van der Waals surface area (Å²) in [7, 11) is 0. The zero-order valence-corrected chi connectivity index (χ0v) is 9.86. The summed E-state index contributed by atoms with van der Waals surface area (Å²) < 4.78 is 12.8. The van der Waals surface area contributed by atoms with E-state index in [0.29, 0.717) is 12.4 Å². The van der Waals surface area contributed by atoms with Crippen LogP contribution in [0.25, 0.3) is 0 Å². The number of amidine groups is 1. The summed E-state index contributed by atoms with van der Waals surface area (Å²) in [5.41, 5.74) is 3.21. The van der Waals surface area contributed by atoms with E-state index in [1.165, 1.54) is 17.7 Å². The summed E-state index contributed by atoms with van der Waals surface area (Å²) >= 11 is 0. The largest absolute Gasteiger partial charge is 0.348 e. The van der Waals surface area contributed by atoms with Crippen LogP contribution in [0.4, 0.5) is 4.39 Å². The Morgan fingerprint density at radius 3 is 2.50 bits per heavy atom. The van der Waals surface area contributed by atoms with Gasteiger partial charge in [0, 0.05) is 18.7 Å². The third kappa shape index (κ3) is 1.88. The molecule has 0 radical (unpaired) electrons. The van der Waals surface area contributed by atoms with Crippen LogP contribution in [0.5, 0.6) is 0 Å². The Kier molecular flexibility index (Phi) is 2.59. The molecule has 0 amide bonds. The van der Waals surface area contributed by atoms with Gasteiger partial charge in [-0.1, -0.05) is 36.4 Å². The number of halogens is 1. The molecule has 1 aliphatic rings. The number of hydrogen-bond acceptors (Lipinski definition) is 1. The van der Waals surface area contributed by atoms with E-state index < -0.39 is 0 Å². The van der Waals surface area contributed by atoms with Gasteiger partial charge >= 0.3 is 0 Å². The van der Waals surface area contributed by atoms with Crippen molar-refractivity contribution in [1.29, 1.82) is 5.41 Å². The third-order valence-electron chi connectivity index (χ3n) is 3.24. The first-order chi connectivity index (χ1) is 8.74. The van der Waals surface area contributed by atoms with E-state index in [0.717, 1.165) is 17.7 Å². The van der Waals surface area contributed by atoms with E-state index in [9.17, 15) is 4.39 Å². The van der Waals surface area contributed by atoms with Crippen molar-refractivity contribution in [2.75, 3.05) is 0 Å². The van der Waals surface area contributed by atoms with Gasteiger partial charge in [0.15, 0.2) is 0 Å². The minimum Gasteiger partial charge on any atom is -0.348 e. The number of nitrogens with one attached hydrogen (secondary N) is 1. The Morgan fingerprint density at radius 1 is 1.06 bits per heavy atom. The highest BCUT2D eigenvalue weighted by Gasteiger charge is 2.23. The average Bonchev–Trinajstić information content (AvgIpc) is 2.70. The van der Waals surface area contributed by atoms with E-state index in [4.69, 9.17) is 5.41 Å². The second kappa shape index (κ2) is 4.26. The summed E-state index contributed by atoms with van der Waals surface area (Å²) in [4.78, 5) is 2.00. The predicted octanol–water partition coefficient (Wildman–Crippen LogP) is 3.17. The molecule has 0 bridgehead atoms. The number of benzene rings is 2. The van der Waals surface area contributed by atoms with Crippen molar-refractivity contribution in [2.45, 2.75) is 13.1 Å². The van der Waals surface area contributed by atoms with Gasteiger partial charge in [0.05, 0.1) is 0 Å². The van der Waals surface area contributed by atoms with Crippen LogP contribution in [0, 0.1) is 11.2 Å². The lowest BCUT2D eigenvalue weighted by atomic mass is 10.1. The molecular weight excluding hydrogens is 227 g/mol. The smallest absolute Gasteiger partial charge is 0.129 e. The number of hydrogen-bond donors (Lipinski definition) is 1. The minimum absolute atomic E-state index is 0.224. The van der Waals surface area contributed by atoms with Gasteiger partial charge in [-0.2, -0.15) is 0 Å². The number of fused-ring (bicyclic) bond motifs is 1. The Labute approximate surface area is 105 Å². The fourth-order valence-corrected chi connectivity index (χ4v) is 2.29. The fourth-order valence-electron chi connectivity index (χ4n) is 2.29. The Balaban J connectivity index is 1.81. The third-order valence-corrected chi connectivity index (χ3v) is 3.24. The van der Waals surface area contributed by atoms with E-state index in [-0.39, 0.29) is 5.82 Å². The van der Waals surface area contributed by atoms with Crippen LogP contribution >= 0.6 is 0 Å². The number of rotatable bonds is 2. The first kappa shape index (κ1) is 11.0. The van der Waals surface area contributed by atoms with E-state index in [1.54, 1.807) is 12.1 Å². The summed E-state index contributed by atoms with van der Waals surface area (Å²) in [6, 6.07) is 14.4. The van der Waals surface area contributed by atoms with Crippen molar-refractivity contribution in [3.8, 4) is 0 Å². The fraction of sp³-hybridized carbons (Fsp3) is 0.133. The number of nitrogens with zero attached hydrogens (tertiary/aromatic N) is 1. The lowest BCUT2D eigenvalue weighted by Crippen LogP contribution is -2.23. The quantitative estimate of drug-likeness (QED) is 0.857. The van der Waals surface area contributed by atoms with E-state index in [1.807, 2.05) is 23.1 Å². The molecule has 0 aromatic heterocycles. The first-order valence-corrected chi connectivity index (χ1v) is 5.90. The van der Waals surface area contributed by atoms with E-state index >= 15 is 0 Å². The monoisotopic (exact) mass is 240 g/mol. The zero-order valence-electron chi connectivity index (χ0n) is 9.86. The molecule has 1 heterocycles. The van der Waals surface area contributed by atoms with E-state index in [2.05, 4.69) is 6.07 Å². The van der Waals surface area contributed by atoms with Gasteiger partial charge in [-0.25, -0.2) is 4.39 Å². The van der Waals surface area contributed by atoms with Crippen LogP contribution < -0.4 is 0 Å². The van der Waals surface area contributed by atoms with Gasteiger partial charge in [-0.15, -0.1) is 0 Å². The average molecular weight is 240 g/mol. The molecule has 0 unspecified atom stereocenters. The zero-order chi connectivity index (χ0) is 12.5. The van der Waals surface area contributed by atoms with Crippen molar-refractivity contribution >= 4 is 5.84 Å². The lowest BCUT2D eigenvalue weighted by molar-refractivity contribution is 0.422. The van der Waals surface area contributed by atoms with Crippen LogP contribution in [-0.2, 0) is 13.1 Å².